The molecule has 1 atom stereocenters. The van der Waals surface area contributed by atoms with Crippen molar-refractivity contribution in [1.29, 1.82) is 0 Å². The topological polar surface area (TPSA) is 75.6 Å². The lowest BCUT2D eigenvalue weighted by Crippen LogP contribution is -2.40. The van der Waals surface area contributed by atoms with Crippen LogP contribution in [0.1, 0.15) is 13.8 Å². The van der Waals surface area contributed by atoms with E-state index in [1.165, 1.54) is 0 Å². The molecule has 1 amide bonds. The van der Waals surface area contributed by atoms with Crippen molar-refractivity contribution in [2.24, 2.45) is 5.92 Å². The molecule has 0 aromatic rings. The first-order chi connectivity index (χ1) is 6.97. The zero-order chi connectivity index (χ0) is 11.8. The molecule has 86 valence electrons. The van der Waals surface area contributed by atoms with Crippen molar-refractivity contribution in [3.05, 3.63) is 12.2 Å². The Labute approximate surface area is 89.1 Å². The number of carbonyl (C=O) groups excluding carboxylic acids is 1. The van der Waals surface area contributed by atoms with Gasteiger partial charge < -0.3 is 15.2 Å². The summed E-state index contributed by atoms with van der Waals surface area (Å²) in [7, 11) is 1.55. The fourth-order valence-corrected chi connectivity index (χ4v) is 0.958. The molecule has 0 heterocycles. The Morgan fingerprint density at radius 2 is 2.00 bits per heavy atom. The monoisotopic (exact) mass is 215 g/mol. The van der Waals surface area contributed by atoms with Gasteiger partial charge in [0, 0.05) is 19.3 Å². The maximum Gasteiger partial charge on any atom is 0.328 e. The Morgan fingerprint density at radius 1 is 1.40 bits per heavy atom. The number of methoxy groups -OCH3 is 1. The second-order valence-electron chi connectivity index (χ2n) is 3.49. The van der Waals surface area contributed by atoms with E-state index < -0.39 is 11.9 Å². The molecule has 5 heteroatoms. The second-order valence-corrected chi connectivity index (χ2v) is 3.49. The van der Waals surface area contributed by atoms with Crippen LogP contribution in [0, 0.1) is 5.92 Å². The van der Waals surface area contributed by atoms with Crippen molar-refractivity contribution < 1.29 is 19.4 Å². The van der Waals surface area contributed by atoms with Crippen LogP contribution in [-0.2, 0) is 14.3 Å². The summed E-state index contributed by atoms with van der Waals surface area (Å²) in [5, 5.41) is 11.0. The summed E-state index contributed by atoms with van der Waals surface area (Å²) in [6.45, 7) is 4.31. The van der Waals surface area contributed by atoms with Crippen LogP contribution in [0.15, 0.2) is 12.2 Å². The highest BCUT2D eigenvalue weighted by Crippen LogP contribution is 2.01. The Hall–Kier alpha value is -1.36. The Balaban J connectivity index is 4.16. The first-order valence-electron chi connectivity index (χ1n) is 4.67. The fourth-order valence-electron chi connectivity index (χ4n) is 0.958. The number of amides is 1. The maximum atomic E-state index is 11.2. The predicted molar refractivity (Wildman–Crippen MR) is 55.4 cm³/mol. The van der Waals surface area contributed by atoms with Crippen molar-refractivity contribution in [3.8, 4) is 0 Å². The first-order valence-corrected chi connectivity index (χ1v) is 4.67. The zero-order valence-electron chi connectivity index (χ0n) is 9.19. The van der Waals surface area contributed by atoms with Gasteiger partial charge in [-0.3, -0.25) is 4.79 Å². The van der Waals surface area contributed by atoms with Crippen LogP contribution in [0.25, 0.3) is 0 Å². The lowest BCUT2D eigenvalue weighted by atomic mass is 10.1. The van der Waals surface area contributed by atoms with Crippen LogP contribution in [0.3, 0.4) is 0 Å². The smallest absolute Gasteiger partial charge is 0.328 e. The molecule has 0 aromatic heterocycles. The number of hydrogen-bond acceptors (Lipinski definition) is 3. The van der Waals surface area contributed by atoms with Gasteiger partial charge in [0.1, 0.15) is 0 Å². The van der Waals surface area contributed by atoms with Gasteiger partial charge in [0.2, 0.25) is 5.91 Å². The Kier molecular flexibility index (Phi) is 6.37. The van der Waals surface area contributed by atoms with Gasteiger partial charge in [0.25, 0.3) is 0 Å². The number of carboxylic acids is 1. The Morgan fingerprint density at radius 3 is 2.40 bits per heavy atom. The molecule has 0 saturated carbocycles. The zero-order valence-corrected chi connectivity index (χ0v) is 9.19. The maximum absolute atomic E-state index is 11.2. The minimum atomic E-state index is -1.14. The van der Waals surface area contributed by atoms with E-state index in [0.29, 0.717) is 6.61 Å². The lowest BCUT2D eigenvalue weighted by molar-refractivity contribution is -0.131. The normalized spacial score (nSPS) is 13.1. The van der Waals surface area contributed by atoms with E-state index in [9.17, 15) is 9.59 Å². The molecule has 0 bridgehead atoms. The van der Waals surface area contributed by atoms with Gasteiger partial charge in [-0.05, 0) is 5.92 Å². The van der Waals surface area contributed by atoms with Crippen molar-refractivity contribution >= 4 is 11.9 Å². The third-order valence-electron chi connectivity index (χ3n) is 1.86. The number of aliphatic carboxylic acids is 1. The highest BCUT2D eigenvalue weighted by Gasteiger charge is 2.14. The molecular formula is C10H17NO4. The molecule has 5 nitrogen and oxygen atoms in total. The van der Waals surface area contributed by atoms with E-state index >= 15 is 0 Å². The van der Waals surface area contributed by atoms with Gasteiger partial charge in [-0.1, -0.05) is 13.8 Å². The summed E-state index contributed by atoms with van der Waals surface area (Å²) in [5.41, 5.74) is 0. The molecule has 0 rings (SSSR count). The summed E-state index contributed by atoms with van der Waals surface area (Å²) in [4.78, 5) is 21.4. The quantitative estimate of drug-likeness (QED) is 0.629. The molecule has 2 N–H and O–H groups in total. The van der Waals surface area contributed by atoms with E-state index in [-0.39, 0.29) is 12.0 Å². The molecule has 0 saturated heterocycles. The minimum Gasteiger partial charge on any atom is -0.478 e. The van der Waals surface area contributed by atoms with Crippen molar-refractivity contribution in [2.75, 3.05) is 13.7 Å². The molecular weight excluding hydrogens is 198 g/mol. The average molecular weight is 215 g/mol. The number of nitrogens with one attached hydrogen (secondary N) is 1. The van der Waals surface area contributed by atoms with Crippen molar-refractivity contribution in [3.63, 3.8) is 0 Å². The largest absolute Gasteiger partial charge is 0.478 e. The molecule has 0 spiro atoms. The molecule has 0 aliphatic heterocycles. The molecule has 0 aromatic carbocycles. The summed E-state index contributed by atoms with van der Waals surface area (Å²) in [6.07, 6.45) is 1.80. The van der Waals surface area contributed by atoms with Crippen LogP contribution in [-0.4, -0.2) is 36.7 Å². The third kappa shape index (κ3) is 6.68. The van der Waals surface area contributed by atoms with Gasteiger partial charge in [-0.25, -0.2) is 4.79 Å². The van der Waals surface area contributed by atoms with Crippen LogP contribution in [0.2, 0.25) is 0 Å². The third-order valence-corrected chi connectivity index (χ3v) is 1.86. The van der Waals surface area contributed by atoms with E-state index in [1.807, 2.05) is 13.8 Å². The summed E-state index contributed by atoms with van der Waals surface area (Å²) in [5.74, 6) is -1.33. The summed E-state index contributed by atoms with van der Waals surface area (Å²) < 4.78 is 4.94. The van der Waals surface area contributed by atoms with Gasteiger partial charge in [0.05, 0.1) is 12.6 Å². The van der Waals surface area contributed by atoms with E-state index in [0.717, 1.165) is 12.2 Å². The highest BCUT2D eigenvalue weighted by atomic mass is 16.5. The van der Waals surface area contributed by atoms with E-state index in [4.69, 9.17) is 9.84 Å². The molecule has 0 aliphatic carbocycles. The molecule has 0 aliphatic rings. The standard InChI is InChI=1S/C10H17NO4/c1-7(2)8(6-15-3)11-9(12)4-5-10(13)14/h4-5,7-8H,6H2,1-3H3,(H,11,12)(H,13,14). The molecule has 0 fully saturated rings. The number of rotatable bonds is 6. The van der Waals surface area contributed by atoms with Gasteiger partial charge in [0.15, 0.2) is 0 Å². The van der Waals surface area contributed by atoms with E-state index in [2.05, 4.69) is 5.32 Å². The Bertz CT molecular complexity index is 248. The van der Waals surface area contributed by atoms with Crippen LogP contribution in [0.5, 0.6) is 0 Å². The number of hydrogen-bond donors (Lipinski definition) is 2. The van der Waals surface area contributed by atoms with Crippen LogP contribution in [0.4, 0.5) is 0 Å². The molecule has 15 heavy (non-hydrogen) atoms. The minimum absolute atomic E-state index is 0.110. The summed E-state index contributed by atoms with van der Waals surface area (Å²) >= 11 is 0. The highest BCUT2D eigenvalue weighted by molar-refractivity contribution is 5.93. The number of carboxylic acid groups (broad SMARTS) is 1. The first kappa shape index (κ1) is 13.6. The van der Waals surface area contributed by atoms with Crippen LogP contribution < -0.4 is 5.32 Å². The number of carbonyl (C=O) groups is 2. The molecule has 0 radical (unpaired) electrons. The lowest BCUT2D eigenvalue weighted by Gasteiger charge is -2.20. The molecule has 1 unspecified atom stereocenters. The van der Waals surface area contributed by atoms with Crippen molar-refractivity contribution in [1.82, 2.24) is 5.32 Å². The van der Waals surface area contributed by atoms with Gasteiger partial charge >= 0.3 is 5.97 Å². The summed E-state index contributed by atoms with van der Waals surface area (Å²) in [6, 6.07) is -0.110. The second kappa shape index (κ2) is 7.00. The predicted octanol–water partition coefficient (Wildman–Crippen LogP) is 0.414. The van der Waals surface area contributed by atoms with Gasteiger partial charge in [-0.15, -0.1) is 0 Å². The average Bonchev–Trinajstić information content (AvgIpc) is 2.14. The fraction of sp³-hybridized carbons (Fsp3) is 0.600. The van der Waals surface area contributed by atoms with Crippen molar-refractivity contribution in [2.45, 2.75) is 19.9 Å². The number of ether oxygens (including phenoxy) is 1. The van der Waals surface area contributed by atoms with Crippen LogP contribution >= 0.6 is 0 Å². The van der Waals surface area contributed by atoms with E-state index in [1.54, 1.807) is 7.11 Å². The SMILES string of the molecule is COCC(NC(=O)C=CC(=O)O)C(C)C. The van der Waals surface area contributed by atoms with Gasteiger partial charge in [-0.2, -0.15) is 0 Å².